The van der Waals surface area contributed by atoms with Crippen LogP contribution in [0, 0.1) is 0 Å². The second-order valence-corrected chi connectivity index (χ2v) is 16.8. The van der Waals surface area contributed by atoms with Crippen LogP contribution in [0.5, 0.6) is 0 Å². The predicted octanol–water partition coefficient (Wildman–Crippen LogP) is 5.12. The number of nitrogens with one attached hydrogen (secondary N) is 2. The highest BCUT2D eigenvalue weighted by Crippen LogP contribution is 2.36. The van der Waals surface area contributed by atoms with E-state index in [1.807, 2.05) is 42.7 Å². The standard InChI is InChI=1S/C23H30N2O4S2Si/c1-23(2,3)32(4,5)29-24-22(26)21(18-9-7-6-8-10-18)25-31(27,28)16-17-11-12-20-19(15-17)13-14-30-20/h6-15,21,25H,16H2,1-5H3,(H,24,26)/t21-/m1/s1. The zero-order valence-electron chi connectivity index (χ0n) is 19.0. The monoisotopic (exact) mass is 490 g/mol. The minimum absolute atomic E-state index is 0.109. The van der Waals surface area contributed by atoms with Gasteiger partial charge >= 0.3 is 0 Å². The van der Waals surface area contributed by atoms with Gasteiger partial charge in [-0.05, 0) is 58.2 Å². The van der Waals surface area contributed by atoms with Crippen molar-refractivity contribution in [3.05, 3.63) is 71.1 Å². The van der Waals surface area contributed by atoms with Gasteiger partial charge < -0.3 is 4.53 Å². The van der Waals surface area contributed by atoms with Crippen LogP contribution < -0.4 is 10.2 Å². The Bertz CT molecular complexity index is 1190. The van der Waals surface area contributed by atoms with Crippen LogP contribution in [0.2, 0.25) is 18.1 Å². The maximum atomic E-state index is 13.0. The van der Waals surface area contributed by atoms with E-state index in [0.29, 0.717) is 11.1 Å². The quantitative estimate of drug-likeness (QED) is 0.339. The SMILES string of the molecule is CC(C)(C)[Si](C)(C)ONC(=O)[C@H](NS(=O)(=O)Cc1ccc2sccc2c1)c1ccccc1. The number of sulfonamides is 1. The lowest BCUT2D eigenvalue weighted by Gasteiger charge is -2.35. The van der Waals surface area contributed by atoms with E-state index in [1.165, 1.54) is 0 Å². The van der Waals surface area contributed by atoms with Gasteiger partial charge in [-0.2, -0.15) is 4.72 Å². The lowest BCUT2D eigenvalue weighted by atomic mass is 10.1. The third-order valence-electron chi connectivity index (χ3n) is 5.78. The van der Waals surface area contributed by atoms with Crippen molar-refractivity contribution >= 4 is 45.7 Å². The molecule has 6 nitrogen and oxygen atoms in total. The van der Waals surface area contributed by atoms with E-state index in [1.54, 1.807) is 41.7 Å². The van der Waals surface area contributed by atoms with Crippen LogP contribution in [0.3, 0.4) is 0 Å². The zero-order valence-corrected chi connectivity index (χ0v) is 21.6. The molecular weight excluding hydrogens is 460 g/mol. The molecule has 32 heavy (non-hydrogen) atoms. The topological polar surface area (TPSA) is 84.5 Å². The van der Waals surface area contributed by atoms with Gasteiger partial charge in [0.2, 0.25) is 18.3 Å². The van der Waals surface area contributed by atoms with E-state index in [-0.39, 0.29) is 10.8 Å². The molecule has 0 radical (unpaired) electrons. The highest BCUT2D eigenvalue weighted by atomic mass is 32.2. The van der Waals surface area contributed by atoms with Crippen LogP contribution in [0.15, 0.2) is 60.0 Å². The molecule has 1 aromatic heterocycles. The summed E-state index contributed by atoms with van der Waals surface area (Å²) in [7, 11) is -6.07. The molecule has 0 fully saturated rings. The summed E-state index contributed by atoms with van der Waals surface area (Å²) in [6, 6.07) is 15.2. The van der Waals surface area contributed by atoms with Gasteiger partial charge in [0.25, 0.3) is 5.91 Å². The van der Waals surface area contributed by atoms with Crippen molar-refractivity contribution < 1.29 is 17.7 Å². The van der Waals surface area contributed by atoms with Crippen molar-refractivity contribution in [2.75, 3.05) is 0 Å². The van der Waals surface area contributed by atoms with Gasteiger partial charge in [-0.25, -0.2) is 13.9 Å². The number of benzene rings is 2. The van der Waals surface area contributed by atoms with Crippen molar-refractivity contribution in [3.8, 4) is 0 Å². The minimum atomic E-state index is -3.81. The van der Waals surface area contributed by atoms with E-state index in [4.69, 9.17) is 4.53 Å². The molecule has 0 unspecified atom stereocenters. The summed E-state index contributed by atoms with van der Waals surface area (Å²) in [5, 5.41) is 2.87. The lowest BCUT2D eigenvalue weighted by molar-refractivity contribution is -0.130. The number of amides is 1. The number of carbonyl (C=O) groups is 1. The van der Waals surface area contributed by atoms with Gasteiger partial charge in [0, 0.05) is 4.70 Å². The molecule has 3 aromatic rings. The molecule has 0 bridgehead atoms. The maximum absolute atomic E-state index is 13.0. The molecule has 0 aliphatic rings. The summed E-state index contributed by atoms with van der Waals surface area (Å²) < 4.78 is 35.5. The Hall–Kier alpha value is -2.04. The number of hydroxylamine groups is 1. The van der Waals surface area contributed by atoms with Gasteiger partial charge in [-0.15, -0.1) is 11.3 Å². The summed E-state index contributed by atoms with van der Waals surface area (Å²) in [6.45, 7) is 10.2. The summed E-state index contributed by atoms with van der Waals surface area (Å²) in [5.74, 6) is -0.767. The first-order valence-corrected chi connectivity index (χ1v) is 15.8. The third-order valence-corrected chi connectivity index (χ3v) is 12.2. The number of carbonyl (C=O) groups excluding carboxylic acids is 1. The molecule has 1 heterocycles. The zero-order chi connectivity index (χ0) is 23.6. The highest BCUT2D eigenvalue weighted by molar-refractivity contribution is 7.88. The first-order chi connectivity index (χ1) is 14.9. The number of hydrogen-bond donors (Lipinski definition) is 2. The molecule has 3 rings (SSSR count). The average molecular weight is 491 g/mol. The molecule has 2 N–H and O–H groups in total. The largest absolute Gasteiger partial charge is 0.319 e. The van der Waals surface area contributed by atoms with Crippen molar-refractivity contribution in [2.24, 2.45) is 0 Å². The first kappa shape index (κ1) is 24.6. The van der Waals surface area contributed by atoms with E-state index >= 15 is 0 Å². The van der Waals surface area contributed by atoms with Gasteiger partial charge in [0.15, 0.2) is 0 Å². The van der Waals surface area contributed by atoms with Crippen molar-refractivity contribution in [1.82, 2.24) is 10.2 Å². The Morgan fingerprint density at radius 1 is 1.09 bits per heavy atom. The number of hydrogen-bond acceptors (Lipinski definition) is 5. The normalized spacial score (nSPS) is 13.8. The molecule has 0 aliphatic heterocycles. The summed E-state index contributed by atoms with van der Waals surface area (Å²) in [6.07, 6.45) is 0. The van der Waals surface area contributed by atoms with Gasteiger partial charge in [-0.1, -0.05) is 57.2 Å². The van der Waals surface area contributed by atoms with Crippen LogP contribution in [0.25, 0.3) is 10.1 Å². The Labute approximate surface area is 195 Å². The second kappa shape index (κ2) is 9.44. The maximum Gasteiger partial charge on any atom is 0.265 e. The Morgan fingerprint density at radius 3 is 2.44 bits per heavy atom. The fourth-order valence-corrected chi connectivity index (χ4v) is 5.59. The van der Waals surface area contributed by atoms with Gasteiger partial charge in [0.05, 0.1) is 5.75 Å². The van der Waals surface area contributed by atoms with Crippen LogP contribution in [0.4, 0.5) is 0 Å². The molecule has 172 valence electrons. The summed E-state index contributed by atoms with van der Waals surface area (Å²) in [4.78, 5) is 13.0. The van der Waals surface area contributed by atoms with Crippen molar-refractivity contribution in [1.29, 1.82) is 0 Å². The van der Waals surface area contributed by atoms with Gasteiger partial charge in [0.1, 0.15) is 6.04 Å². The minimum Gasteiger partial charge on any atom is -0.319 e. The van der Waals surface area contributed by atoms with Crippen LogP contribution in [0.1, 0.15) is 37.9 Å². The second-order valence-electron chi connectivity index (χ2n) is 9.34. The van der Waals surface area contributed by atoms with E-state index in [9.17, 15) is 13.2 Å². The summed E-state index contributed by atoms with van der Waals surface area (Å²) >= 11 is 1.61. The molecule has 1 amide bonds. The average Bonchev–Trinajstić information content (AvgIpc) is 3.17. The number of rotatable bonds is 8. The van der Waals surface area contributed by atoms with Crippen LogP contribution in [-0.4, -0.2) is 22.6 Å². The molecule has 2 aromatic carbocycles. The Kier molecular flexibility index (Phi) is 7.26. The van der Waals surface area contributed by atoms with Crippen LogP contribution >= 0.6 is 11.3 Å². The Balaban J connectivity index is 1.80. The lowest BCUT2D eigenvalue weighted by Crippen LogP contribution is -2.49. The number of fused-ring (bicyclic) bond motifs is 1. The molecule has 1 atom stereocenters. The summed E-state index contributed by atoms with van der Waals surface area (Å²) in [5.41, 5.74) is 3.74. The smallest absolute Gasteiger partial charge is 0.265 e. The highest BCUT2D eigenvalue weighted by Gasteiger charge is 2.39. The fourth-order valence-electron chi connectivity index (χ4n) is 2.85. The van der Waals surface area contributed by atoms with E-state index in [2.05, 4.69) is 31.0 Å². The van der Waals surface area contributed by atoms with E-state index in [0.717, 1.165) is 10.1 Å². The van der Waals surface area contributed by atoms with E-state index < -0.39 is 30.3 Å². The van der Waals surface area contributed by atoms with Crippen molar-refractivity contribution in [2.45, 2.75) is 50.7 Å². The third kappa shape index (κ3) is 6.05. The van der Waals surface area contributed by atoms with Gasteiger partial charge in [-0.3, -0.25) is 4.79 Å². The van der Waals surface area contributed by atoms with Crippen LogP contribution in [-0.2, 0) is 25.1 Å². The Morgan fingerprint density at radius 2 is 1.78 bits per heavy atom. The fraction of sp³-hybridized carbons (Fsp3) is 0.348. The molecule has 0 spiro atoms. The molecule has 0 saturated carbocycles. The predicted molar refractivity (Wildman–Crippen MR) is 133 cm³/mol. The molecule has 9 heteroatoms. The molecule has 0 saturated heterocycles. The first-order valence-electron chi connectivity index (χ1n) is 10.4. The number of thiophene rings is 1. The molecular formula is C23H30N2O4S2Si. The van der Waals surface area contributed by atoms with Crippen molar-refractivity contribution in [3.63, 3.8) is 0 Å². The molecule has 0 aliphatic carbocycles.